The van der Waals surface area contributed by atoms with E-state index in [1.54, 1.807) is 0 Å². The summed E-state index contributed by atoms with van der Waals surface area (Å²) in [5.74, 6) is 1.60. The normalized spacial score (nSPS) is 10.7. The number of nitrogens with one attached hydrogen (secondary N) is 1. The molecule has 0 amide bonds. The first-order valence-electron chi connectivity index (χ1n) is 10.1. The number of nitrogens with two attached hydrogens (primary N) is 1. The molecule has 0 spiro atoms. The van der Waals surface area contributed by atoms with Gasteiger partial charge in [-0.3, -0.25) is 5.10 Å². The fourth-order valence-electron chi connectivity index (χ4n) is 3.21. The highest BCUT2D eigenvalue weighted by atomic mass is 16.5. The van der Waals surface area contributed by atoms with Crippen molar-refractivity contribution in [2.24, 2.45) is 0 Å². The van der Waals surface area contributed by atoms with Crippen LogP contribution in [0.25, 0.3) is 11.3 Å². The lowest BCUT2D eigenvalue weighted by Gasteiger charge is -2.10. The van der Waals surface area contributed by atoms with Crippen molar-refractivity contribution < 1.29 is 9.47 Å². The van der Waals surface area contributed by atoms with Crippen LogP contribution in [0, 0.1) is 0 Å². The Kier molecular flexibility index (Phi) is 6.30. The Morgan fingerprint density at radius 3 is 2.43 bits per heavy atom. The summed E-state index contributed by atoms with van der Waals surface area (Å²) >= 11 is 0. The third-order valence-electron chi connectivity index (χ3n) is 4.78. The van der Waals surface area contributed by atoms with E-state index in [2.05, 4.69) is 34.5 Å². The van der Waals surface area contributed by atoms with Crippen LogP contribution in [0.3, 0.4) is 0 Å². The summed E-state index contributed by atoms with van der Waals surface area (Å²) in [4.78, 5) is 0. The van der Waals surface area contributed by atoms with E-state index in [1.165, 1.54) is 5.56 Å². The van der Waals surface area contributed by atoms with E-state index < -0.39 is 0 Å². The summed E-state index contributed by atoms with van der Waals surface area (Å²) in [6.07, 6.45) is 1.96. The first-order chi connectivity index (χ1) is 14.8. The average molecular weight is 399 g/mol. The van der Waals surface area contributed by atoms with E-state index in [4.69, 9.17) is 15.2 Å². The zero-order valence-corrected chi connectivity index (χ0v) is 16.8. The van der Waals surface area contributed by atoms with Gasteiger partial charge in [-0.1, -0.05) is 42.5 Å². The van der Waals surface area contributed by atoms with Crippen molar-refractivity contribution in [2.75, 3.05) is 12.3 Å². The fourth-order valence-corrected chi connectivity index (χ4v) is 3.21. The molecule has 5 heteroatoms. The highest BCUT2D eigenvalue weighted by molar-refractivity contribution is 5.67. The summed E-state index contributed by atoms with van der Waals surface area (Å²) in [5, 5.41) is 7.49. The maximum atomic E-state index is 6.07. The van der Waals surface area contributed by atoms with Crippen LogP contribution in [0.4, 0.5) is 5.69 Å². The highest BCUT2D eigenvalue weighted by Gasteiger charge is 2.10. The van der Waals surface area contributed by atoms with E-state index in [1.807, 2.05) is 60.7 Å². The summed E-state index contributed by atoms with van der Waals surface area (Å²) < 4.78 is 11.9. The van der Waals surface area contributed by atoms with Crippen molar-refractivity contribution in [1.29, 1.82) is 0 Å². The van der Waals surface area contributed by atoms with Crippen LogP contribution in [0.1, 0.15) is 17.7 Å². The van der Waals surface area contributed by atoms with Crippen LogP contribution in [-0.4, -0.2) is 16.8 Å². The molecule has 1 heterocycles. The summed E-state index contributed by atoms with van der Waals surface area (Å²) in [7, 11) is 0. The zero-order chi connectivity index (χ0) is 20.6. The number of nitrogens with zero attached hydrogens (tertiary/aromatic N) is 1. The summed E-state index contributed by atoms with van der Waals surface area (Å²) in [5.41, 5.74) is 10.4. The van der Waals surface area contributed by atoms with Crippen LogP contribution in [0.5, 0.6) is 11.5 Å². The molecule has 0 aliphatic rings. The van der Waals surface area contributed by atoms with Crippen molar-refractivity contribution in [3.05, 3.63) is 96.2 Å². The quantitative estimate of drug-likeness (QED) is 0.298. The smallest absolute Gasteiger partial charge is 0.130 e. The number of hydrogen-bond acceptors (Lipinski definition) is 4. The molecule has 4 aromatic rings. The van der Waals surface area contributed by atoms with Gasteiger partial charge in [0.25, 0.3) is 0 Å². The van der Waals surface area contributed by atoms with Crippen molar-refractivity contribution in [3.8, 4) is 22.8 Å². The maximum absolute atomic E-state index is 6.07. The number of rotatable bonds is 9. The minimum atomic E-state index is 0.400. The SMILES string of the molecule is Nc1ccc(OCc2cc(-c3ccccc3OCCCc3ccccc3)n[nH]2)cc1. The second-order valence-corrected chi connectivity index (χ2v) is 7.07. The number of aromatic nitrogens is 2. The van der Waals surface area contributed by atoms with Crippen LogP contribution >= 0.6 is 0 Å². The van der Waals surface area contributed by atoms with Crippen molar-refractivity contribution in [2.45, 2.75) is 19.4 Å². The van der Waals surface area contributed by atoms with Gasteiger partial charge >= 0.3 is 0 Å². The molecule has 0 saturated carbocycles. The number of aromatic amines is 1. The predicted octanol–water partition coefficient (Wildman–Crippen LogP) is 5.25. The first kappa shape index (κ1) is 19.6. The lowest BCUT2D eigenvalue weighted by molar-refractivity contribution is 0.301. The Hall–Kier alpha value is -3.73. The third-order valence-corrected chi connectivity index (χ3v) is 4.78. The van der Waals surface area contributed by atoms with Crippen molar-refractivity contribution >= 4 is 5.69 Å². The number of aryl methyl sites for hydroxylation is 1. The molecule has 1 aromatic heterocycles. The van der Waals surface area contributed by atoms with Crippen LogP contribution in [-0.2, 0) is 13.0 Å². The van der Waals surface area contributed by atoms with Crippen LogP contribution in [0.15, 0.2) is 84.9 Å². The van der Waals surface area contributed by atoms with Crippen molar-refractivity contribution in [3.63, 3.8) is 0 Å². The number of hydrogen-bond donors (Lipinski definition) is 2. The lowest BCUT2D eigenvalue weighted by atomic mass is 10.1. The second-order valence-electron chi connectivity index (χ2n) is 7.07. The molecule has 0 radical (unpaired) electrons. The number of para-hydroxylation sites is 1. The highest BCUT2D eigenvalue weighted by Crippen LogP contribution is 2.29. The average Bonchev–Trinajstić information content (AvgIpc) is 3.26. The van der Waals surface area contributed by atoms with Gasteiger partial charge in [0.05, 0.1) is 18.0 Å². The summed E-state index contributed by atoms with van der Waals surface area (Å²) in [6.45, 7) is 1.06. The van der Waals surface area contributed by atoms with E-state index in [9.17, 15) is 0 Å². The molecule has 0 fully saturated rings. The van der Waals surface area contributed by atoms with Gasteiger partial charge in [0, 0.05) is 11.3 Å². The Morgan fingerprint density at radius 2 is 1.60 bits per heavy atom. The second kappa shape index (κ2) is 9.65. The Labute approximate surface area is 176 Å². The fraction of sp³-hybridized carbons (Fsp3) is 0.160. The van der Waals surface area contributed by atoms with Gasteiger partial charge in [0.15, 0.2) is 0 Å². The van der Waals surface area contributed by atoms with E-state index >= 15 is 0 Å². The molecular weight excluding hydrogens is 374 g/mol. The maximum Gasteiger partial charge on any atom is 0.130 e. The standard InChI is InChI=1S/C25H25N3O2/c26-20-12-14-22(15-13-20)30-18-21-17-24(28-27-21)23-10-4-5-11-25(23)29-16-6-9-19-7-2-1-3-8-19/h1-5,7-8,10-15,17H,6,9,16,18,26H2,(H,27,28). The third kappa shape index (κ3) is 5.20. The van der Waals surface area contributed by atoms with Gasteiger partial charge in [-0.05, 0) is 60.9 Å². The van der Waals surface area contributed by atoms with Gasteiger partial charge < -0.3 is 15.2 Å². The molecule has 3 N–H and O–H groups in total. The molecule has 4 rings (SSSR count). The first-order valence-corrected chi connectivity index (χ1v) is 10.1. The zero-order valence-electron chi connectivity index (χ0n) is 16.8. The molecule has 5 nitrogen and oxygen atoms in total. The van der Waals surface area contributed by atoms with Gasteiger partial charge in [0.2, 0.25) is 0 Å². The molecule has 3 aromatic carbocycles. The van der Waals surface area contributed by atoms with Crippen molar-refractivity contribution in [1.82, 2.24) is 10.2 Å². The van der Waals surface area contributed by atoms with Gasteiger partial charge in [0.1, 0.15) is 18.1 Å². The minimum Gasteiger partial charge on any atom is -0.493 e. The van der Waals surface area contributed by atoms with Crippen LogP contribution in [0.2, 0.25) is 0 Å². The molecule has 0 bridgehead atoms. The van der Waals surface area contributed by atoms with Crippen LogP contribution < -0.4 is 15.2 Å². The summed E-state index contributed by atoms with van der Waals surface area (Å²) in [6, 6.07) is 27.8. The van der Waals surface area contributed by atoms with E-state index in [-0.39, 0.29) is 0 Å². The molecule has 0 atom stereocenters. The molecular formula is C25H25N3O2. The van der Waals surface area contributed by atoms with Gasteiger partial charge in [-0.15, -0.1) is 0 Å². The molecule has 0 aliphatic carbocycles. The Bertz CT molecular complexity index is 1060. The topological polar surface area (TPSA) is 73.2 Å². The Morgan fingerprint density at radius 1 is 0.833 bits per heavy atom. The van der Waals surface area contributed by atoms with Gasteiger partial charge in [-0.2, -0.15) is 5.10 Å². The minimum absolute atomic E-state index is 0.400. The number of anilines is 1. The lowest BCUT2D eigenvalue weighted by Crippen LogP contribution is -2.00. The van der Waals surface area contributed by atoms with E-state index in [0.717, 1.165) is 41.3 Å². The monoisotopic (exact) mass is 399 g/mol. The van der Waals surface area contributed by atoms with E-state index in [0.29, 0.717) is 18.9 Å². The number of nitrogen functional groups attached to an aromatic ring is 1. The molecule has 0 unspecified atom stereocenters. The molecule has 0 saturated heterocycles. The molecule has 0 aliphatic heterocycles. The number of H-pyrrole nitrogens is 1. The number of benzene rings is 3. The largest absolute Gasteiger partial charge is 0.493 e. The molecule has 30 heavy (non-hydrogen) atoms. The predicted molar refractivity (Wildman–Crippen MR) is 119 cm³/mol. The van der Waals surface area contributed by atoms with Gasteiger partial charge in [-0.25, -0.2) is 0 Å². The number of ether oxygens (including phenoxy) is 2. The molecule has 152 valence electrons. The Balaban J connectivity index is 1.35.